The summed E-state index contributed by atoms with van der Waals surface area (Å²) in [5, 5.41) is 6.10. The van der Waals surface area contributed by atoms with Crippen molar-refractivity contribution in [1.29, 1.82) is 0 Å². The highest BCUT2D eigenvalue weighted by atomic mass is 16.2. The Kier molecular flexibility index (Phi) is 18.9. The molecule has 9 nitrogen and oxygen atoms in total. The molecule has 0 aliphatic carbocycles. The normalized spacial score (nSPS) is 12.6. The number of fused-ring (bicyclic) bond motifs is 15. The minimum absolute atomic E-state index is 0.00228. The number of benzene rings is 12. The first kappa shape index (κ1) is 65.1. The number of nitrogens with one attached hydrogen (secondary N) is 2. The molecule has 3 amide bonds. The molecule has 0 spiro atoms. The minimum atomic E-state index is -0.396. The van der Waals surface area contributed by atoms with Crippen molar-refractivity contribution in [2.24, 2.45) is 17.3 Å². The second-order valence-electron chi connectivity index (χ2n) is 26.1. The maximum Gasteiger partial charge on any atom is 0.230 e. The van der Waals surface area contributed by atoms with Crippen molar-refractivity contribution in [2.75, 3.05) is 37.3 Å². The van der Waals surface area contributed by atoms with Crippen LogP contribution in [-0.2, 0) is 14.4 Å². The Morgan fingerprint density at radius 1 is 0.337 bits per heavy atom. The van der Waals surface area contributed by atoms with Gasteiger partial charge < -0.3 is 30.2 Å². The van der Waals surface area contributed by atoms with Crippen LogP contribution in [0.1, 0.15) is 67.7 Å². The molecule has 2 N–H and O–H groups in total. The lowest BCUT2D eigenvalue weighted by Gasteiger charge is -2.28. The first-order valence-corrected chi connectivity index (χ1v) is 34.2. The fourth-order valence-corrected chi connectivity index (χ4v) is 13.2. The predicted molar refractivity (Wildman–Crippen MR) is 410 cm³/mol. The molecule has 0 radical (unpaired) electrons. The maximum atomic E-state index is 12.7. The molecule has 98 heavy (non-hydrogen) atoms. The number of nitrogens with zero attached hydrogens (tertiary/aromatic N) is 4. The van der Waals surface area contributed by atoms with Gasteiger partial charge in [0.25, 0.3) is 0 Å². The third-order valence-electron chi connectivity index (χ3n) is 19.6. The van der Waals surface area contributed by atoms with Gasteiger partial charge in [0.1, 0.15) is 0 Å². The van der Waals surface area contributed by atoms with Gasteiger partial charge in [-0.25, -0.2) is 0 Å². The van der Waals surface area contributed by atoms with Gasteiger partial charge in [-0.1, -0.05) is 230 Å². The van der Waals surface area contributed by atoms with Crippen LogP contribution < -0.4 is 30.2 Å². The summed E-state index contributed by atoms with van der Waals surface area (Å²) in [4.78, 5) is 46.3. The van der Waals surface area contributed by atoms with Crippen LogP contribution in [0.2, 0.25) is 0 Å². The van der Waals surface area contributed by atoms with Gasteiger partial charge in [-0.2, -0.15) is 0 Å². The molecule has 0 saturated carbocycles. The zero-order chi connectivity index (χ0) is 68.0. The summed E-state index contributed by atoms with van der Waals surface area (Å²) in [5.74, 6) is 0.251. The second kappa shape index (κ2) is 28.4. The smallest absolute Gasteiger partial charge is 0.230 e. The van der Waals surface area contributed by atoms with E-state index in [-0.39, 0.29) is 29.6 Å². The van der Waals surface area contributed by atoms with Gasteiger partial charge in [0, 0.05) is 91.8 Å². The van der Waals surface area contributed by atoms with Crippen molar-refractivity contribution in [1.82, 2.24) is 0 Å². The van der Waals surface area contributed by atoms with E-state index in [4.69, 9.17) is 0 Å². The molecule has 15 rings (SSSR count). The fraction of sp³-hybridized carbons (Fsp3) is 0.157. The highest BCUT2D eigenvalue weighted by Gasteiger charge is 2.31. The van der Waals surface area contributed by atoms with Gasteiger partial charge in [0.2, 0.25) is 17.7 Å². The number of carbonyl (C=O) groups excluding carboxylic acids is 3. The highest BCUT2D eigenvalue weighted by Crippen LogP contribution is 2.54. The van der Waals surface area contributed by atoms with E-state index < -0.39 is 5.41 Å². The first-order chi connectivity index (χ1) is 47.8. The summed E-state index contributed by atoms with van der Waals surface area (Å²) in [5.41, 5.74) is 26.8. The first-order valence-electron chi connectivity index (χ1n) is 34.2. The molecule has 12 aromatic carbocycles. The van der Waals surface area contributed by atoms with Crippen molar-refractivity contribution >= 4 is 86.0 Å². The summed E-state index contributed by atoms with van der Waals surface area (Å²) in [7, 11) is 1.86. The van der Waals surface area contributed by atoms with E-state index >= 15 is 0 Å². The summed E-state index contributed by atoms with van der Waals surface area (Å²) >= 11 is 0. The zero-order valence-electron chi connectivity index (χ0n) is 57.0. The number of para-hydroxylation sites is 6. The Hall–Kier alpha value is -11.6. The van der Waals surface area contributed by atoms with Crippen LogP contribution in [0.5, 0.6) is 0 Å². The standard InChI is InChI=1S/2C30H28N2O.C29H26N2O/c1-4-30(2,3)29(33)31-21-17-19-22(20-18-21)32-27-15-9-7-13-25(27)23-11-5-6-12-24(23)26-14-8-10-16-28(26)32;1-4-21(2)30(33)31(3)22-17-19-23(20-18-22)32-28-15-9-7-13-26(28)24-11-5-6-12-25(24)27-14-8-10-16-29(27)32;1-3-20(2)29(32)30-21-16-18-22(19-17-21)31-27-14-8-6-12-25(27)23-10-4-5-11-24(23)26-13-7-9-15-28(26)31/h5-20H,4H2,1-3H3,(H,31,33);5-21H,4H2,1-3H3;4-20H,3H2,1-2H3,(H,30,32). The molecule has 0 aromatic heterocycles. The van der Waals surface area contributed by atoms with Crippen molar-refractivity contribution in [2.45, 2.75) is 67.7 Å². The largest absolute Gasteiger partial charge is 0.326 e. The molecule has 3 aliphatic rings. The van der Waals surface area contributed by atoms with Crippen LogP contribution in [0.3, 0.4) is 0 Å². The molecule has 2 unspecified atom stereocenters. The number of hydrogen-bond acceptors (Lipinski definition) is 6. The van der Waals surface area contributed by atoms with Gasteiger partial charge in [-0.05, 0) is 162 Å². The molecule has 486 valence electrons. The molecule has 9 heteroatoms. The average Bonchev–Trinajstić information content (AvgIpc) is 1.63. The topological polar surface area (TPSA) is 88.2 Å². The Bertz CT molecular complexity index is 4680. The predicted octanol–water partition coefficient (Wildman–Crippen LogP) is 23.8. The van der Waals surface area contributed by atoms with Crippen molar-refractivity contribution in [3.8, 4) is 66.8 Å². The van der Waals surface area contributed by atoms with E-state index in [2.05, 4.69) is 280 Å². The summed E-state index contributed by atoms with van der Waals surface area (Å²) in [6.45, 7) is 14.0. The van der Waals surface area contributed by atoms with Crippen LogP contribution in [0.15, 0.2) is 291 Å². The van der Waals surface area contributed by atoms with Crippen LogP contribution in [-0.4, -0.2) is 24.8 Å². The van der Waals surface area contributed by atoms with Crippen LogP contribution in [0.4, 0.5) is 68.2 Å². The Labute approximate surface area is 577 Å². The highest BCUT2D eigenvalue weighted by molar-refractivity contribution is 6.06. The quantitative estimate of drug-likeness (QED) is 0.127. The lowest BCUT2D eigenvalue weighted by Crippen LogP contribution is -2.31. The SMILES string of the molecule is CCC(C)(C)C(=O)Nc1ccc(N2c3ccccc3-c3ccccc3-c3ccccc32)cc1.CCC(C)C(=O)N(C)c1ccc(N2c3ccccc3-c3ccccc3-c3ccccc32)cc1.CCC(C)C(=O)Nc1ccc(N2c3ccccc3-c3ccccc3-c3ccccc32)cc1. The molecule has 0 saturated heterocycles. The third-order valence-corrected chi connectivity index (χ3v) is 19.6. The monoisotopic (exact) mass is 1280 g/mol. The summed E-state index contributed by atoms with van der Waals surface area (Å²) in [6.07, 6.45) is 2.45. The average molecular weight is 1280 g/mol. The summed E-state index contributed by atoms with van der Waals surface area (Å²) in [6, 6.07) is 102. The number of rotatable bonds is 12. The van der Waals surface area contributed by atoms with Crippen LogP contribution in [0, 0.1) is 17.3 Å². The van der Waals surface area contributed by atoms with Crippen molar-refractivity contribution in [3.05, 3.63) is 291 Å². The van der Waals surface area contributed by atoms with Gasteiger partial charge in [-0.15, -0.1) is 0 Å². The fourth-order valence-electron chi connectivity index (χ4n) is 13.2. The molecule has 0 fully saturated rings. The van der Waals surface area contributed by atoms with Crippen molar-refractivity contribution in [3.63, 3.8) is 0 Å². The van der Waals surface area contributed by atoms with Crippen molar-refractivity contribution < 1.29 is 14.4 Å². The van der Waals surface area contributed by atoms with E-state index in [1.54, 1.807) is 4.90 Å². The van der Waals surface area contributed by atoms with Crippen LogP contribution >= 0.6 is 0 Å². The molecular weight excluding hydrogens is 1200 g/mol. The molecule has 2 atom stereocenters. The van der Waals surface area contributed by atoms with Crippen LogP contribution in [0.25, 0.3) is 66.8 Å². The van der Waals surface area contributed by atoms with E-state index in [1.807, 2.05) is 91.9 Å². The number of carbonyl (C=O) groups is 3. The van der Waals surface area contributed by atoms with E-state index in [0.29, 0.717) is 0 Å². The van der Waals surface area contributed by atoms with Gasteiger partial charge >= 0.3 is 0 Å². The summed E-state index contributed by atoms with van der Waals surface area (Å²) < 4.78 is 0. The van der Waals surface area contributed by atoms with Gasteiger partial charge in [-0.3, -0.25) is 14.4 Å². The number of anilines is 12. The number of hydrogen-bond donors (Lipinski definition) is 2. The lowest BCUT2D eigenvalue weighted by molar-refractivity contribution is -0.124. The van der Waals surface area contributed by atoms with E-state index in [9.17, 15) is 14.4 Å². The maximum absolute atomic E-state index is 12.7. The molecule has 0 bridgehead atoms. The molecule has 3 heterocycles. The Morgan fingerprint density at radius 3 is 0.847 bits per heavy atom. The van der Waals surface area contributed by atoms with E-state index in [0.717, 1.165) is 87.5 Å². The molecule has 12 aromatic rings. The minimum Gasteiger partial charge on any atom is -0.326 e. The lowest BCUT2D eigenvalue weighted by atomic mass is 9.89. The Morgan fingerprint density at radius 2 is 0.582 bits per heavy atom. The number of amides is 3. The van der Waals surface area contributed by atoms with E-state index in [1.165, 1.54) is 66.8 Å². The zero-order valence-corrected chi connectivity index (χ0v) is 57.0. The third kappa shape index (κ3) is 12.8. The van der Waals surface area contributed by atoms with Gasteiger partial charge in [0.15, 0.2) is 0 Å². The molecular formula is C89H82N6O3. The Balaban J connectivity index is 0.000000132. The van der Waals surface area contributed by atoms with Gasteiger partial charge in [0.05, 0.1) is 34.1 Å². The second-order valence-corrected chi connectivity index (χ2v) is 26.1. The molecule has 3 aliphatic heterocycles.